The van der Waals surface area contributed by atoms with Crippen molar-refractivity contribution in [2.24, 2.45) is 0 Å². The number of carbonyl (C=O) groups is 2. The molecule has 5 heteroatoms. The van der Waals surface area contributed by atoms with Crippen molar-refractivity contribution < 1.29 is 66.1 Å². The van der Waals surface area contributed by atoms with Crippen LogP contribution in [0.5, 0.6) is 0 Å². The number of amides is 1. The normalized spacial score (nSPS) is 11.6. The Balaban J connectivity index is 0. The van der Waals surface area contributed by atoms with Gasteiger partial charge in [-0.2, -0.15) is 0 Å². The molecule has 0 saturated heterocycles. The van der Waals surface area contributed by atoms with E-state index in [1.54, 1.807) is 0 Å². The van der Waals surface area contributed by atoms with Crippen LogP contribution in [0.25, 0.3) is 0 Å². The van der Waals surface area contributed by atoms with Gasteiger partial charge in [0.15, 0.2) is 0 Å². The molecule has 4 nitrogen and oxygen atoms in total. The van der Waals surface area contributed by atoms with Gasteiger partial charge in [0.1, 0.15) is 0 Å². The van der Waals surface area contributed by atoms with E-state index < -0.39 is 12.0 Å². The van der Waals surface area contributed by atoms with Gasteiger partial charge >= 0.3 is 51.4 Å². The number of aliphatic carboxylic acids is 1. The Labute approximate surface area is 197 Å². The van der Waals surface area contributed by atoms with E-state index in [9.17, 15) is 14.7 Å². The van der Waals surface area contributed by atoms with Crippen molar-refractivity contribution >= 4 is 11.9 Å². The molecule has 0 aliphatic rings. The van der Waals surface area contributed by atoms with Gasteiger partial charge < -0.3 is 14.8 Å². The Morgan fingerprint density at radius 3 is 1.52 bits per heavy atom. The predicted octanol–water partition coefficient (Wildman–Crippen LogP) is 1.07. The quantitative estimate of drug-likeness (QED) is 0.298. The first kappa shape index (κ1) is 27.8. The van der Waals surface area contributed by atoms with E-state index in [0.717, 1.165) is 12.8 Å². The van der Waals surface area contributed by atoms with Gasteiger partial charge in [-0.05, 0) is 13.3 Å². The molecule has 0 heterocycles. The molecule has 0 aliphatic heterocycles. The van der Waals surface area contributed by atoms with Crippen LogP contribution in [0.1, 0.15) is 104 Å². The van der Waals surface area contributed by atoms with Crippen LogP contribution in [0, 0.1) is 0 Å². The maximum Gasteiger partial charge on any atom is 1.00 e. The van der Waals surface area contributed by atoms with Crippen molar-refractivity contribution in [3.63, 3.8) is 0 Å². The SMILES string of the molecule is CCCCCCCCCCCCCCCC(=O)N(C)[C@@H](C)C(=O)[O-].[K+]. The molecule has 0 saturated carbocycles. The fourth-order valence-electron chi connectivity index (χ4n) is 2.84. The van der Waals surface area contributed by atoms with Crippen molar-refractivity contribution in [3.05, 3.63) is 0 Å². The molecule has 0 N–H and O–H groups in total. The van der Waals surface area contributed by atoms with Gasteiger partial charge in [-0.25, -0.2) is 0 Å². The van der Waals surface area contributed by atoms with Crippen LogP contribution in [0.15, 0.2) is 0 Å². The van der Waals surface area contributed by atoms with E-state index >= 15 is 0 Å². The first-order chi connectivity index (χ1) is 11.5. The summed E-state index contributed by atoms with van der Waals surface area (Å²) >= 11 is 0. The zero-order chi connectivity index (χ0) is 18.2. The Morgan fingerprint density at radius 1 is 0.800 bits per heavy atom. The first-order valence-electron chi connectivity index (χ1n) is 9.97. The summed E-state index contributed by atoms with van der Waals surface area (Å²) in [6.07, 6.45) is 17.0. The largest absolute Gasteiger partial charge is 1.00 e. The van der Waals surface area contributed by atoms with Crippen molar-refractivity contribution in [2.45, 2.75) is 110 Å². The van der Waals surface area contributed by atoms with Gasteiger partial charge in [0.2, 0.25) is 5.91 Å². The third-order valence-corrected chi connectivity index (χ3v) is 4.81. The second-order valence-corrected chi connectivity index (χ2v) is 6.99. The molecule has 0 rings (SSSR count). The van der Waals surface area contributed by atoms with E-state index in [4.69, 9.17) is 0 Å². The number of hydrogen-bond donors (Lipinski definition) is 0. The topological polar surface area (TPSA) is 60.4 Å². The van der Waals surface area contributed by atoms with E-state index in [2.05, 4.69) is 6.92 Å². The van der Waals surface area contributed by atoms with Crippen LogP contribution in [0.3, 0.4) is 0 Å². The van der Waals surface area contributed by atoms with Crippen LogP contribution in [-0.2, 0) is 9.59 Å². The Morgan fingerprint density at radius 2 is 1.16 bits per heavy atom. The fourth-order valence-corrected chi connectivity index (χ4v) is 2.84. The van der Waals surface area contributed by atoms with Gasteiger partial charge in [-0.3, -0.25) is 4.79 Å². The molecule has 0 spiro atoms. The summed E-state index contributed by atoms with van der Waals surface area (Å²) in [7, 11) is 1.53. The molecular formula is C20H38KNO3. The van der Waals surface area contributed by atoms with Crippen molar-refractivity contribution in [1.29, 1.82) is 0 Å². The smallest absolute Gasteiger partial charge is 0.548 e. The van der Waals surface area contributed by atoms with Gasteiger partial charge in [-0.1, -0.05) is 84.0 Å². The first-order valence-corrected chi connectivity index (χ1v) is 9.97. The van der Waals surface area contributed by atoms with E-state index in [-0.39, 0.29) is 57.3 Å². The molecule has 25 heavy (non-hydrogen) atoms. The molecule has 0 aromatic carbocycles. The molecular weight excluding hydrogens is 341 g/mol. The van der Waals surface area contributed by atoms with Crippen molar-refractivity contribution in [1.82, 2.24) is 4.90 Å². The Bertz CT molecular complexity index is 337. The van der Waals surface area contributed by atoms with Crippen LogP contribution < -0.4 is 56.5 Å². The van der Waals surface area contributed by atoms with Gasteiger partial charge in [0, 0.05) is 13.5 Å². The van der Waals surface area contributed by atoms with Crippen LogP contribution in [0.2, 0.25) is 0 Å². The zero-order valence-electron chi connectivity index (χ0n) is 17.1. The molecule has 0 radical (unpaired) electrons. The number of carboxylic acid groups (broad SMARTS) is 1. The maximum absolute atomic E-state index is 11.8. The number of likely N-dealkylation sites (N-methyl/N-ethyl adjacent to an activating group) is 1. The van der Waals surface area contributed by atoms with Crippen LogP contribution in [-0.4, -0.2) is 29.9 Å². The monoisotopic (exact) mass is 379 g/mol. The minimum absolute atomic E-state index is 0. The number of rotatable bonds is 16. The third-order valence-electron chi connectivity index (χ3n) is 4.81. The molecule has 1 amide bonds. The summed E-state index contributed by atoms with van der Waals surface area (Å²) in [5.74, 6) is -1.30. The summed E-state index contributed by atoms with van der Waals surface area (Å²) in [6.45, 7) is 3.74. The summed E-state index contributed by atoms with van der Waals surface area (Å²) < 4.78 is 0. The minimum Gasteiger partial charge on any atom is -0.548 e. The summed E-state index contributed by atoms with van der Waals surface area (Å²) in [4.78, 5) is 23.8. The standard InChI is InChI=1S/C20H39NO3.K/c1-4-5-6-7-8-9-10-11-12-13-14-15-16-17-19(22)21(3)18(2)20(23)24;/h18H,4-17H2,1-3H3,(H,23,24);/q;+1/p-1/t18-;/m0./s1. The Hall–Kier alpha value is 0.576. The van der Waals surface area contributed by atoms with Crippen molar-refractivity contribution in [3.8, 4) is 0 Å². The fraction of sp³-hybridized carbons (Fsp3) is 0.900. The number of carboxylic acids is 1. The summed E-state index contributed by atoms with van der Waals surface area (Å²) in [5.41, 5.74) is 0. The number of nitrogens with zero attached hydrogens (tertiary/aromatic N) is 1. The third kappa shape index (κ3) is 16.5. The maximum atomic E-state index is 11.8. The average Bonchev–Trinajstić information content (AvgIpc) is 2.57. The molecule has 0 aliphatic carbocycles. The number of unbranched alkanes of at least 4 members (excludes halogenated alkanes) is 12. The summed E-state index contributed by atoms with van der Waals surface area (Å²) in [5, 5.41) is 10.7. The van der Waals surface area contributed by atoms with Crippen molar-refractivity contribution in [2.75, 3.05) is 7.05 Å². The summed E-state index contributed by atoms with van der Waals surface area (Å²) in [6, 6.07) is -0.848. The molecule has 1 atom stereocenters. The average molecular weight is 380 g/mol. The molecule has 0 unspecified atom stereocenters. The number of carbonyl (C=O) groups excluding carboxylic acids is 2. The second-order valence-electron chi connectivity index (χ2n) is 6.99. The minimum atomic E-state index is -1.20. The van der Waals surface area contributed by atoms with Gasteiger partial charge in [0.05, 0.1) is 12.0 Å². The molecule has 0 bridgehead atoms. The van der Waals surface area contributed by atoms with Gasteiger partial charge in [-0.15, -0.1) is 0 Å². The van der Waals surface area contributed by atoms with Crippen LogP contribution >= 0.6 is 0 Å². The number of hydrogen-bond acceptors (Lipinski definition) is 3. The molecule has 0 aromatic heterocycles. The zero-order valence-corrected chi connectivity index (χ0v) is 20.3. The van der Waals surface area contributed by atoms with Gasteiger partial charge in [0.25, 0.3) is 0 Å². The predicted molar refractivity (Wildman–Crippen MR) is 97.6 cm³/mol. The Kier molecular flexibility index (Phi) is 21.5. The van der Waals surface area contributed by atoms with E-state index in [1.807, 2.05) is 0 Å². The molecule has 0 fully saturated rings. The van der Waals surface area contributed by atoms with Crippen LogP contribution in [0.4, 0.5) is 0 Å². The molecule has 0 aromatic rings. The second kappa shape index (κ2) is 19.3. The molecule has 142 valence electrons. The van der Waals surface area contributed by atoms with E-state index in [1.165, 1.54) is 89.5 Å². The van der Waals surface area contributed by atoms with E-state index in [0.29, 0.717) is 6.42 Å².